The highest BCUT2D eigenvalue weighted by Crippen LogP contribution is 2.26. The fourth-order valence-electron chi connectivity index (χ4n) is 4.41. The van der Waals surface area contributed by atoms with Gasteiger partial charge in [0.05, 0.1) is 32.1 Å². The number of alkyl halides is 3. The van der Waals surface area contributed by atoms with Gasteiger partial charge in [-0.1, -0.05) is 24.3 Å². The Morgan fingerprint density at radius 3 is 1.90 bits per heavy atom. The predicted molar refractivity (Wildman–Crippen MR) is 173 cm³/mol. The molecule has 0 aliphatic carbocycles. The SMILES string of the molecule is O=C(NCCOCCOCCNC(=O)c1cccc(-c2nncnn2)c1)c1cccc(-c2cc(Nc3ccc(OC(F)(F)F)cc3)ncn2)c1. The lowest BCUT2D eigenvalue weighted by Gasteiger charge is -2.11. The van der Waals surface area contributed by atoms with E-state index >= 15 is 0 Å². The fraction of sp³-hybridized carbons (Fsp3) is 0.212. The number of anilines is 2. The van der Waals surface area contributed by atoms with Gasteiger partial charge in [-0.05, 0) is 48.5 Å². The zero-order chi connectivity index (χ0) is 35.2. The minimum atomic E-state index is -4.77. The van der Waals surface area contributed by atoms with Gasteiger partial charge < -0.3 is 30.2 Å². The molecule has 258 valence electrons. The summed E-state index contributed by atoms with van der Waals surface area (Å²) >= 11 is 0. The monoisotopic (exact) mass is 689 g/mol. The van der Waals surface area contributed by atoms with E-state index in [0.29, 0.717) is 65.0 Å². The first-order valence-corrected chi connectivity index (χ1v) is 15.1. The molecule has 2 heterocycles. The largest absolute Gasteiger partial charge is 0.573 e. The number of amides is 2. The van der Waals surface area contributed by atoms with Gasteiger partial charge in [0.2, 0.25) is 5.82 Å². The maximum absolute atomic E-state index is 12.7. The van der Waals surface area contributed by atoms with Crippen molar-refractivity contribution in [3.05, 3.63) is 103 Å². The van der Waals surface area contributed by atoms with Crippen molar-refractivity contribution in [3.63, 3.8) is 0 Å². The van der Waals surface area contributed by atoms with Crippen molar-refractivity contribution in [2.75, 3.05) is 44.8 Å². The second-order valence-electron chi connectivity index (χ2n) is 10.3. The zero-order valence-corrected chi connectivity index (χ0v) is 26.3. The quantitative estimate of drug-likeness (QED) is 0.126. The molecular weight excluding hydrogens is 659 g/mol. The lowest BCUT2D eigenvalue weighted by molar-refractivity contribution is -0.274. The first-order chi connectivity index (χ1) is 24.2. The topological polar surface area (TPSA) is 175 Å². The van der Waals surface area contributed by atoms with Crippen LogP contribution in [-0.2, 0) is 9.47 Å². The summed E-state index contributed by atoms with van der Waals surface area (Å²) in [5.74, 6) is -0.189. The average molecular weight is 690 g/mol. The van der Waals surface area contributed by atoms with Crippen LogP contribution in [0.15, 0.2) is 91.5 Å². The van der Waals surface area contributed by atoms with Crippen molar-refractivity contribution >= 4 is 23.3 Å². The molecule has 3 N–H and O–H groups in total. The lowest BCUT2D eigenvalue weighted by atomic mass is 10.1. The standard InChI is InChI=1S/C33H30F3N9O5/c34-33(35,36)50-27-9-7-26(8-10-27)43-29-19-28(39-20-40-29)22-3-1-5-24(17-22)31(46)37-11-13-48-15-16-49-14-12-38-32(47)25-6-2-4-23(18-25)30-44-41-21-42-45-30/h1-10,17-21H,11-16H2,(H,37,46)(H,38,47)(H,39,40,43). The van der Waals surface area contributed by atoms with Crippen LogP contribution in [0.1, 0.15) is 20.7 Å². The van der Waals surface area contributed by atoms with Crippen LogP contribution in [0.5, 0.6) is 5.75 Å². The number of aromatic nitrogens is 6. The molecule has 0 bridgehead atoms. The van der Waals surface area contributed by atoms with Crippen molar-refractivity contribution in [2.24, 2.45) is 0 Å². The van der Waals surface area contributed by atoms with E-state index in [-0.39, 0.29) is 37.3 Å². The Morgan fingerprint density at radius 1 is 0.680 bits per heavy atom. The first-order valence-electron chi connectivity index (χ1n) is 15.1. The summed E-state index contributed by atoms with van der Waals surface area (Å²) in [6, 6.07) is 20.5. The zero-order valence-electron chi connectivity index (χ0n) is 26.3. The minimum absolute atomic E-state index is 0.266. The third-order valence-corrected chi connectivity index (χ3v) is 6.67. The lowest BCUT2D eigenvalue weighted by Crippen LogP contribution is -2.28. The second-order valence-corrected chi connectivity index (χ2v) is 10.3. The summed E-state index contributed by atoms with van der Waals surface area (Å²) in [6.07, 6.45) is -2.21. The molecule has 5 rings (SSSR count). The molecule has 0 saturated heterocycles. The van der Waals surface area contributed by atoms with Crippen molar-refractivity contribution in [1.29, 1.82) is 0 Å². The summed E-state index contributed by atoms with van der Waals surface area (Å²) in [4.78, 5) is 33.6. The number of halogens is 3. The number of rotatable bonds is 16. The number of benzene rings is 3. The molecule has 14 nitrogen and oxygen atoms in total. The van der Waals surface area contributed by atoms with Gasteiger partial charge in [-0.3, -0.25) is 9.59 Å². The van der Waals surface area contributed by atoms with E-state index in [9.17, 15) is 22.8 Å². The average Bonchev–Trinajstić information content (AvgIpc) is 3.13. The summed E-state index contributed by atoms with van der Waals surface area (Å²) in [7, 11) is 0. The normalized spacial score (nSPS) is 11.1. The van der Waals surface area contributed by atoms with Crippen LogP contribution in [0.25, 0.3) is 22.6 Å². The molecule has 2 aromatic heterocycles. The van der Waals surface area contributed by atoms with Gasteiger partial charge in [-0.25, -0.2) is 9.97 Å². The Balaban J connectivity index is 0.975. The number of ether oxygens (including phenoxy) is 3. The van der Waals surface area contributed by atoms with Gasteiger partial charge in [0.25, 0.3) is 11.8 Å². The van der Waals surface area contributed by atoms with Crippen LogP contribution in [0.3, 0.4) is 0 Å². The van der Waals surface area contributed by atoms with Crippen molar-refractivity contribution in [1.82, 2.24) is 41.0 Å². The van der Waals surface area contributed by atoms with E-state index in [0.717, 1.165) is 0 Å². The van der Waals surface area contributed by atoms with E-state index < -0.39 is 6.36 Å². The molecule has 3 aromatic carbocycles. The number of hydrogen-bond acceptors (Lipinski definition) is 12. The van der Waals surface area contributed by atoms with Crippen molar-refractivity contribution < 1.29 is 37.0 Å². The molecule has 0 spiro atoms. The summed E-state index contributed by atoms with van der Waals surface area (Å²) in [5.41, 5.74) is 3.15. The molecule has 2 amide bonds. The number of hydrogen-bond donors (Lipinski definition) is 3. The molecule has 0 saturated carbocycles. The van der Waals surface area contributed by atoms with Gasteiger partial charge >= 0.3 is 6.36 Å². The maximum atomic E-state index is 12.7. The Morgan fingerprint density at radius 2 is 1.28 bits per heavy atom. The third-order valence-electron chi connectivity index (χ3n) is 6.67. The van der Waals surface area contributed by atoms with Crippen LogP contribution >= 0.6 is 0 Å². The highest BCUT2D eigenvalue weighted by molar-refractivity contribution is 5.96. The van der Waals surface area contributed by atoms with E-state index in [1.54, 1.807) is 54.6 Å². The van der Waals surface area contributed by atoms with Gasteiger partial charge in [0.1, 0.15) is 17.9 Å². The summed E-state index contributed by atoms with van der Waals surface area (Å²) in [5, 5.41) is 23.8. The minimum Gasteiger partial charge on any atom is -0.406 e. The van der Waals surface area contributed by atoms with Crippen LogP contribution in [0.4, 0.5) is 24.7 Å². The molecule has 0 atom stereocenters. The maximum Gasteiger partial charge on any atom is 0.573 e. The number of nitrogens with zero attached hydrogens (tertiary/aromatic N) is 6. The highest BCUT2D eigenvalue weighted by atomic mass is 19.4. The van der Waals surface area contributed by atoms with Crippen LogP contribution in [0, 0.1) is 0 Å². The van der Waals surface area contributed by atoms with E-state index in [1.807, 2.05) is 0 Å². The number of carbonyl (C=O) groups excluding carboxylic acids is 2. The Bertz CT molecular complexity index is 1870. The van der Waals surface area contributed by atoms with E-state index in [1.165, 1.54) is 36.9 Å². The van der Waals surface area contributed by atoms with E-state index in [2.05, 4.69) is 51.0 Å². The highest BCUT2D eigenvalue weighted by Gasteiger charge is 2.31. The summed E-state index contributed by atoms with van der Waals surface area (Å²) in [6.45, 7) is 1.73. The third kappa shape index (κ3) is 11.0. The molecule has 5 aromatic rings. The van der Waals surface area contributed by atoms with Crippen LogP contribution in [0.2, 0.25) is 0 Å². The van der Waals surface area contributed by atoms with Crippen LogP contribution in [-0.4, -0.2) is 88.1 Å². The van der Waals surface area contributed by atoms with Crippen molar-refractivity contribution in [2.45, 2.75) is 6.36 Å². The van der Waals surface area contributed by atoms with Gasteiger partial charge in [0.15, 0.2) is 6.33 Å². The molecule has 17 heteroatoms. The van der Waals surface area contributed by atoms with Gasteiger partial charge in [-0.2, -0.15) is 0 Å². The smallest absolute Gasteiger partial charge is 0.406 e. The molecule has 0 fully saturated rings. The molecule has 0 aliphatic rings. The second kappa shape index (κ2) is 17.4. The molecule has 0 unspecified atom stereocenters. The number of carbonyl (C=O) groups is 2. The van der Waals surface area contributed by atoms with Gasteiger partial charge in [-0.15, -0.1) is 33.6 Å². The molecule has 50 heavy (non-hydrogen) atoms. The Labute approximate surface area is 283 Å². The fourth-order valence-corrected chi connectivity index (χ4v) is 4.41. The van der Waals surface area contributed by atoms with Gasteiger partial charge in [0, 0.05) is 47.1 Å². The number of nitrogens with one attached hydrogen (secondary N) is 3. The molecule has 0 aliphatic heterocycles. The first kappa shape index (κ1) is 35.2. The Hall–Kier alpha value is -6.07. The van der Waals surface area contributed by atoms with E-state index in [4.69, 9.17) is 9.47 Å². The summed E-state index contributed by atoms with van der Waals surface area (Å²) < 4.78 is 52.2. The Kier molecular flexibility index (Phi) is 12.2. The molecule has 0 radical (unpaired) electrons. The predicted octanol–water partition coefficient (Wildman–Crippen LogP) is 4.23. The van der Waals surface area contributed by atoms with Crippen molar-refractivity contribution in [3.8, 4) is 28.4 Å². The van der Waals surface area contributed by atoms with Crippen LogP contribution < -0.4 is 20.7 Å². The molecular formula is C33H30F3N9O5.